The Morgan fingerprint density at radius 3 is 2.35 bits per heavy atom. The highest BCUT2D eigenvalue weighted by Crippen LogP contribution is 2.20. The summed E-state index contributed by atoms with van der Waals surface area (Å²) in [5.74, 6) is 0. The van der Waals surface area contributed by atoms with Crippen molar-refractivity contribution in [1.29, 1.82) is 0 Å². The van der Waals surface area contributed by atoms with Gasteiger partial charge in [-0.2, -0.15) is 0 Å². The first kappa shape index (κ1) is 16.3. The lowest BCUT2D eigenvalue weighted by Crippen LogP contribution is -2.47. The minimum atomic E-state index is 0.893. The van der Waals surface area contributed by atoms with Crippen molar-refractivity contribution in [2.45, 2.75) is 64.3 Å². The fraction of sp³-hybridized carbons (Fsp3) is 1.00. The van der Waals surface area contributed by atoms with Gasteiger partial charge in [0.05, 0.1) is 0 Å². The smallest absolute Gasteiger partial charge is 0.0120 e. The molecule has 2 fully saturated rings. The third kappa shape index (κ3) is 5.71. The Morgan fingerprint density at radius 1 is 0.900 bits per heavy atom. The molecule has 0 aromatic carbocycles. The Bertz CT molecular complexity index is 230. The quantitative estimate of drug-likeness (QED) is 0.690. The van der Waals surface area contributed by atoms with Crippen molar-refractivity contribution in [3.63, 3.8) is 0 Å². The minimum Gasteiger partial charge on any atom is -0.315 e. The van der Waals surface area contributed by atoms with Crippen LogP contribution < -0.4 is 5.32 Å². The Morgan fingerprint density at radius 2 is 1.65 bits per heavy atom. The molecule has 0 radical (unpaired) electrons. The number of piperidine rings is 2. The van der Waals surface area contributed by atoms with Crippen molar-refractivity contribution in [3.8, 4) is 0 Å². The maximum atomic E-state index is 3.59. The van der Waals surface area contributed by atoms with E-state index in [0.29, 0.717) is 0 Å². The molecular formula is C17H35N3. The van der Waals surface area contributed by atoms with Gasteiger partial charge in [-0.3, -0.25) is 0 Å². The Hall–Kier alpha value is -0.120. The van der Waals surface area contributed by atoms with Crippen molar-refractivity contribution in [2.24, 2.45) is 0 Å². The number of hydrogen-bond donors (Lipinski definition) is 1. The molecule has 3 heteroatoms. The van der Waals surface area contributed by atoms with E-state index < -0.39 is 0 Å². The summed E-state index contributed by atoms with van der Waals surface area (Å²) in [6.07, 6.45) is 11.2. The zero-order valence-corrected chi connectivity index (χ0v) is 13.6. The van der Waals surface area contributed by atoms with Crippen LogP contribution in [0.25, 0.3) is 0 Å². The van der Waals surface area contributed by atoms with Gasteiger partial charge >= 0.3 is 0 Å². The predicted octanol–water partition coefficient (Wildman–Crippen LogP) is 2.72. The van der Waals surface area contributed by atoms with Gasteiger partial charge in [-0.15, -0.1) is 0 Å². The van der Waals surface area contributed by atoms with Crippen LogP contribution in [-0.2, 0) is 0 Å². The van der Waals surface area contributed by atoms with Crippen molar-refractivity contribution >= 4 is 0 Å². The normalized spacial score (nSPS) is 23.2. The molecule has 118 valence electrons. The molecule has 0 spiro atoms. The molecule has 2 aliphatic rings. The predicted molar refractivity (Wildman–Crippen MR) is 87.3 cm³/mol. The van der Waals surface area contributed by atoms with Gasteiger partial charge in [0, 0.05) is 19.1 Å². The Balaban J connectivity index is 1.50. The largest absolute Gasteiger partial charge is 0.315 e. The van der Waals surface area contributed by atoms with Gasteiger partial charge in [-0.05, 0) is 64.8 Å². The van der Waals surface area contributed by atoms with Gasteiger partial charge in [0.15, 0.2) is 0 Å². The maximum absolute atomic E-state index is 3.59. The molecule has 0 aromatic heterocycles. The summed E-state index contributed by atoms with van der Waals surface area (Å²) >= 11 is 0. The van der Waals surface area contributed by atoms with E-state index in [0.717, 1.165) is 6.04 Å². The number of nitrogens with one attached hydrogen (secondary N) is 1. The standard InChI is InChI=1S/C17H35N3/c1-2-3-5-10-18-11-16-19-14-8-17(9-15-19)20-12-6-4-7-13-20/h17-18H,2-16H2,1H3. The fourth-order valence-corrected chi connectivity index (χ4v) is 3.65. The van der Waals surface area contributed by atoms with Gasteiger partial charge in [0.25, 0.3) is 0 Å². The van der Waals surface area contributed by atoms with E-state index in [1.165, 1.54) is 97.2 Å². The lowest BCUT2D eigenvalue weighted by Gasteiger charge is -2.40. The molecular weight excluding hydrogens is 246 g/mol. The van der Waals surface area contributed by atoms with E-state index in [2.05, 4.69) is 22.0 Å². The van der Waals surface area contributed by atoms with Crippen molar-refractivity contribution in [3.05, 3.63) is 0 Å². The van der Waals surface area contributed by atoms with E-state index >= 15 is 0 Å². The van der Waals surface area contributed by atoms with E-state index in [9.17, 15) is 0 Å². The van der Waals surface area contributed by atoms with E-state index in [1.54, 1.807) is 0 Å². The molecule has 0 unspecified atom stereocenters. The fourth-order valence-electron chi connectivity index (χ4n) is 3.65. The number of rotatable bonds is 8. The lowest BCUT2D eigenvalue weighted by molar-refractivity contribution is 0.0930. The number of likely N-dealkylation sites (tertiary alicyclic amines) is 2. The van der Waals surface area contributed by atoms with Gasteiger partial charge in [0.1, 0.15) is 0 Å². The lowest BCUT2D eigenvalue weighted by atomic mass is 10.00. The highest BCUT2D eigenvalue weighted by molar-refractivity contribution is 4.81. The van der Waals surface area contributed by atoms with Crippen molar-refractivity contribution < 1.29 is 0 Å². The van der Waals surface area contributed by atoms with Crippen molar-refractivity contribution in [1.82, 2.24) is 15.1 Å². The molecule has 0 aromatic rings. The van der Waals surface area contributed by atoms with Gasteiger partial charge in [-0.25, -0.2) is 0 Å². The van der Waals surface area contributed by atoms with Crippen LogP contribution in [-0.4, -0.2) is 61.7 Å². The molecule has 0 atom stereocenters. The van der Waals surface area contributed by atoms with E-state index in [1.807, 2.05) is 0 Å². The van der Waals surface area contributed by atoms with Crippen LogP contribution in [0.1, 0.15) is 58.3 Å². The third-order valence-electron chi connectivity index (χ3n) is 5.03. The summed E-state index contributed by atoms with van der Waals surface area (Å²) in [6.45, 7) is 11.3. The number of nitrogens with zero attached hydrogens (tertiary/aromatic N) is 2. The van der Waals surface area contributed by atoms with E-state index in [-0.39, 0.29) is 0 Å². The molecule has 3 nitrogen and oxygen atoms in total. The van der Waals surface area contributed by atoms with Crippen LogP contribution in [0.4, 0.5) is 0 Å². The molecule has 0 aliphatic carbocycles. The van der Waals surface area contributed by atoms with Crippen LogP contribution in [0.15, 0.2) is 0 Å². The first-order valence-corrected chi connectivity index (χ1v) is 9.07. The van der Waals surface area contributed by atoms with E-state index in [4.69, 9.17) is 0 Å². The molecule has 2 rings (SSSR count). The molecule has 20 heavy (non-hydrogen) atoms. The summed E-state index contributed by atoms with van der Waals surface area (Å²) in [4.78, 5) is 5.43. The second-order valence-corrected chi connectivity index (χ2v) is 6.63. The molecule has 0 amide bonds. The molecule has 2 saturated heterocycles. The van der Waals surface area contributed by atoms with Crippen LogP contribution in [0.2, 0.25) is 0 Å². The zero-order chi connectivity index (χ0) is 14.0. The second-order valence-electron chi connectivity index (χ2n) is 6.63. The summed E-state index contributed by atoms with van der Waals surface area (Å²) in [7, 11) is 0. The van der Waals surface area contributed by atoms with Crippen LogP contribution in [0.5, 0.6) is 0 Å². The van der Waals surface area contributed by atoms with Crippen LogP contribution >= 0.6 is 0 Å². The van der Waals surface area contributed by atoms with Crippen LogP contribution in [0.3, 0.4) is 0 Å². The monoisotopic (exact) mass is 281 g/mol. The Kier molecular flexibility index (Phi) is 7.92. The number of unbranched alkanes of at least 4 members (excludes halogenated alkanes) is 2. The maximum Gasteiger partial charge on any atom is 0.0120 e. The molecule has 2 aliphatic heterocycles. The SMILES string of the molecule is CCCCCNCCN1CCC(N2CCCCC2)CC1. The molecule has 1 N–H and O–H groups in total. The summed E-state index contributed by atoms with van der Waals surface area (Å²) in [5, 5.41) is 3.59. The topological polar surface area (TPSA) is 18.5 Å². The first-order valence-electron chi connectivity index (χ1n) is 9.07. The Labute approximate surface area is 126 Å². The highest BCUT2D eigenvalue weighted by atomic mass is 15.2. The average Bonchev–Trinajstić information content (AvgIpc) is 2.52. The molecule has 0 bridgehead atoms. The van der Waals surface area contributed by atoms with Gasteiger partial charge < -0.3 is 15.1 Å². The third-order valence-corrected chi connectivity index (χ3v) is 5.03. The second kappa shape index (κ2) is 9.75. The van der Waals surface area contributed by atoms with Gasteiger partial charge in [-0.1, -0.05) is 26.2 Å². The average molecular weight is 281 g/mol. The zero-order valence-electron chi connectivity index (χ0n) is 13.6. The van der Waals surface area contributed by atoms with Crippen LogP contribution in [0, 0.1) is 0 Å². The first-order chi connectivity index (χ1) is 9.90. The summed E-state index contributed by atoms with van der Waals surface area (Å²) < 4.78 is 0. The van der Waals surface area contributed by atoms with Crippen molar-refractivity contribution in [2.75, 3.05) is 45.8 Å². The van der Waals surface area contributed by atoms with Gasteiger partial charge in [0.2, 0.25) is 0 Å². The summed E-state index contributed by atoms with van der Waals surface area (Å²) in [5.41, 5.74) is 0. The molecule has 0 saturated carbocycles. The minimum absolute atomic E-state index is 0.893. The summed E-state index contributed by atoms with van der Waals surface area (Å²) in [6, 6.07) is 0.893. The molecule has 2 heterocycles. The number of hydrogen-bond acceptors (Lipinski definition) is 3. The highest BCUT2D eigenvalue weighted by Gasteiger charge is 2.24.